The van der Waals surface area contributed by atoms with Gasteiger partial charge in [0, 0.05) is 44.2 Å². The average Bonchev–Trinajstić information content (AvgIpc) is 3.42. The number of carbonyl (C=O) groups excluding carboxylic acids is 4. The van der Waals surface area contributed by atoms with Crippen molar-refractivity contribution in [3.8, 4) is 0 Å². The predicted molar refractivity (Wildman–Crippen MR) is 159 cm³/mol. The summed E-state index contributed by atoms with van der Waals surface area (Å²) in [6.07, 6.45) is 7.09. The summed E-state index contributed by atoms with van der Waals surface area (Å²) in [5.41, 5.74) is 26.0. The van der Waals surface area contributed by atoms with Crippen molar-refractivity contribution in [3.63, 3.8) is 0 Å². The van der Waals surface area contributed by atoms with E-state index in [0.29, 0.717) is 43.7 Å². The summed E-state index contributed by atoms with van der Waals surface area (Å²) in [6.45, 7) is 2.04. The number of aliphatic imine (C=N–C) groups is 2. The molecule has 1 aromatic rings. The zero-order chi connectivity index (χ0) is 30.8. The summed E-state index contributed by atoms with van der Waals surface area (Å²) in [5, 5.41) is 5.60. The van der Waals surface area contributed by atoms with E-state index >= 15 is 0 Å². The van der Waals surface area contributed by atoms with E-state index in [2.05, 4.69) is 36.3 Å². The molecule has 14 N–H and O–H groups in total. The number of nitrogens with two attached hydrogens (primary N) is 4. The van der Waals surface area contributed by atoms with Gasteiger partial charge in [-0.05, 0) is 44.6 Å². The van der Waals surface area contributed by atoms with Gasteiger partial charge in [-0.3, -0.25) is 29.2 Å². The lowest BCUT2D eigenvalue weighted by Gasteiger charge is -2.23. The Labute approximate surface area is 244 Å². The number of Topliss-reactive ketones (excluding diaryl/α,β-unsaturated/α-hetero) is 2. The summed E-state index contributed by atoms with van der Waals surface area (Å²) >= 11 is 1.57. The Kier molecular flexibility index (Phi) is 16.8. The van der Waals surface area contributed by atoms with Crippen molar-refractivity contribution in [2.75, 3.05) is 25.1 Å². The molecule has 4 atom stereocenters. The molecule has 15 nitrogen and oxygen atoms in total. The van der Waals surface area contributed by atoms with Crippen LogP contribution in [0.25, 0.3) is 0 Å². The first kappa shape index (κ1) is 35.4. The number of guanidine groups is 2. The highest BCUT2D eigenvalue weighted by atomic mass is 32.2. The van der Waals surface area contributed by atoms with Crippen LogP contribution in [-0.2, 0) is 25.6 Å². The third-order valence-electron chi connectivity index (χ3n) is 6.28. The molecule has 0 radical (unpaired) electrons. The molecule has 0 bridgehead atoms. The van der Waals surface area contributed by atoms with E-state index in [-0.39, 0.29) is 49.3 Å². The minimum atomic E-state index is -0.893. The summed E-state index contributed by atoms with van der Waals surface area (Å²) in [7, 11) is 0. The van der Waals surface area contributed by atoms with Crippen LogP contribution in [0.4, 0.5) is 0 Å². The highest BCUT2D eigenvalue weighted by Gasteiger charge is 2.31. The van der Waals surface area contributed by atoms with Crippen LogP contribution in [0.1, 0.15) is 51.1 Å². The van der Waals surface area contributed by atoms with Gasteiger partial charge in [0.1, 0.15) is 0 Å². The van der Waals surface area contributed by atoms with E-state index in [1.807, 2.05) is 6.26 Å². The number of imidazole rings is 1. The summed E-state index contributed by atoms with van der Waals surface area (Å²) < 4.78 is 0. The van der Waals surface area contributed by atoms with Crippen molar-refractivity contribution in [2.24, 2.45) is 38.8 Å². The molecular weight excluding hydrogens is 550 g/mol. The zero-order valence-corrected chi connectivity index (χ0v) is 24.8. The Bertz CT molecular complexity index is 1020. The first-order valence-electron chi connectivity index (χ1n) is 13.5. The maximum absolute atomic E-state index is 13.6. The number of carbonyl (C=O) groups is 4. The lowest BCUT2D eigenvalue weighted by molar-refractivity contribution is -0.405. The van der Waals surface area contributed by atoms with E-state index in [1.165, 1.54) is 13.3 Å². The molecule has 0 spiro atoms. The third-order valence-corrected chi connectivity index (χ3v) is 6.93. The Hall–Kier alpha value is -3.66. The number of aromatic nitrogens is 2. The second kappa shape index (κ2) is 19.4. The first-order valence-corrected chi connectivity index (χ1v) is 14.9. The van der Waals surface area contributed by atoms with E-state index < -0.39 is 35.9 Å². The Morgan fingerprint density at radius 3 is 2.12 bits per heavy atom. The number of hydrogen-bond acceptors (Lipinski definition) is 8. The topological polar surface area (TPSA) is 277 Å². The lowest BCUT2D eigenvalue weighted by Crippen LogP contribution is -2.68. The molecular formula is C25H46N11O4S+. The highest BCUT2D eigenvalue weighted by Crippen LogP contribution is 2.16. The number of rotatable bonds is 21. The molecule has 0 aliphatic rings. The molecule has 0 aromatic carbocycles. The van der Waals surface area contributed by atoms with E-state index in [4.69, 9.17) is 22.9 Å². The van der Waals surface area contributed by atoms with Crippen molar-refractivity contribution in [1.82, 2.24) is 20.6 Å². The van der Waals surface area contributed by atoms with Crippen LogP contribution in [0.15, 0.2) is 22.5 Å². The van der Waals surface area contributed by atoms with E-state index in [9.17, 15) is 19.2 Å². The van der Waals surface area contributed by atoms with Gasteiger partial charge >= 0.3 is 0 Å². The largest absolute Gasteiger partial charge is 0.370 e. The normalized spacial score (nSPS) is 13.7. The average molecular weight is 597 g/mol. The fraction of sp³-hybridized carbons (Fsp3) is 0.640. The molecule has 230 valence electrons. The smallest absolute Gasteiger partial charge is 0.278 e. The van der Waals surface area contributed by atoms with Crippen LogP contribution in [0.2, 0.25) is 0 Å². The van der Waals surface area contributed by atoms with Crippen molar-refractivity contribution in [1.29, 1.82) is 0 Å². The van der Waals surface area contributed by atoms with Gasteiger partial charge in [-0.15, -0.1) is 0 Å². The molecule has 0 saturated heterocycles. The molecule has 0 saturated carbocycles. The molecule has 0 aliphatic heterocycles. The molecule has 0 aliphatic carbocycles. The molecule has 41 heavy (non-hydrogen) atoms. The first-order chi connectivity index (χ1) is 19.4. The van der Waals surface area contributed by atoms with Gasteiger partial charge in [-0.1, -0.05) is 0 Å². The van der Waals surface area contributed by atoms with Gasteiger partial charge in [0.2, 0.25) is 5.91 Å². The van der Waals surface area contributed by atoms with Crippen LogP contribution in [0, 0.1) is 5.92 Å². The van der Waals surface area contributed by atoms with Crippen molar-refractivity contribution in [3.05, 3.63) is 18.2 Å². The fourth-order valence-corrected chi connectivity index (χ4v) is 4.46. The summed E-state index contributed by atoms with van der Waals surface area (Å²) in [4.78, 5) is 66.7. The molecule has 4 unspecified atom stereocenters. The highest BCUT2D eigenvalue weighted by molar-refractivity contribution is 7.98. The molecule has 1 aromatic heterocycles. The van der Waals surface area contributed by atoms with Crippen LogP contribution in [0.3, 0.4) is 0 Å². The molecule has 2 amide bonds. The van der Waals surface area contributed by atoms with Gasteiger partial charge in [-0.2, -0.15) is 11.8 Å². The quantitative estimate of drug-likeness (QED) is 0.0421. The van der Waals surface area contributed by atoms with Gasteiger partial charge in [0.15, 0.2) is 29.5 Å². The predicted octanol–water partition coefficient (Wildman–Crippen LogP) is -2.44. The molecule has 1 rings (SSSR count). The summed E-state index contributed by atoms with van der Waals surface area (Å²) in [5.74, 6) is -1.54. The van der Waals surface area contributed by atoms with Crippen LogP contribution in [-0.4, -0.2) is 88.5 Å². The number of quaternary nitrogens is 1. The van der Waals surface area contributed by atoms with Gasteiger partial charge in [0.05, 0.1) is 24.3 Å². The Balaban J connectivity index is 3.05. The molecule has 0 fully saturated rings. The second-order valence-corrected chi connectivity index (χ2v) is 10.7. The maximum Gasteiger partial charge on any atom is 0.278 e. The number of aromatic amines is 1. The Morgan fingerprint density at radius 2 is 1.59 bits per heavy atom. The van der Waals surface area contributed by atoms with Crippen LogP contribution < -0.4 is 39.3 Å². The molecule has 16 heteroatoms. The van der Waals surface area contributed by atoms with E-state index in [0.717, 1.165) is 0 Å². The van der Waals surface area contributed by atoms with Crippen molar-refractivity contribution >= 4 is 47.1 Å². The van der Waals surface area contributed by atoms with Crippen LogP contribution in [0.5, 0.6) is 0 Å². The lowest BCUT2D eigenvalue weighted by atomic mass is 9.91. The van der Waals surface area contributed by atoms with Crippen molar-refractivity contribution < 1.29 is 24.9 Å². The van der Waals surface area contributed by atoms with Gasteiger partial charge in [-0.25, -0.2) is 4.98 Å². The second-order valence-electron chi connectivity index (χ2n) is 9.76. The van der Waals surface area contributed by atoms with Crippen molar-refractivity contribution in [2.45, 2.75) is 70.0 Å². The van der Waals surface area contributed by atoms with Gasteiger partial charge in [0.25, 0.3) is 5.91 Å². The fourth-order valence-electron chi connectivity index (χ4n) is 3.99. The maximum atomic E-state index is 13.6. The number of nitrogens with zero attached hydrogens (tertiary/aromatic N) is 3. The number of amides is 2. The number of thioether (sulfide) groups is 1. The monoisotopic (exact) mass is 596 g/mol. The number of nitrogens with one attached hydrogen (secondary N) is 3. The minimum Gasteiger partial charge on any atom is -0.370 e. The number of hydrogen-bond donors (Lipinski definition) is 8. The zero-order valence-electron chi connectivity index (χ0n) is 23.9. The van der Waals surface area contributed by atoms with Crippen LogP contribution >= 0.6 is 11.8 Å². The molecule has 1 heterocycles. The number of H-pyrrole nitrogens is 1. The Morgan fingerprint density at radius 1 is 0.976 bits per heavy atom. The van der Waals surface area contributed by atoms with E-state index in [1.54, 1.807) is 18.0 Å². The SMILES string of the molecule is CSCCC(NC(=O)C(CC(=O)C(CCCN=C(N)N)NC(=O)C([NH3+])CCCN=C(N)N)Cc1cnc[nH]1)C(C)=O. The standard InChI is InChI=1S/C25H45N11O4S/c1-15(37)19(7-10-41-2)35-22(39)16(11-17-13-31-14-34-17)12-21(38)20(6-4-9-33-25(29)30)36-23(40)18(26)5-3-8-32-24(27)28/h13-14,16,18-20H,3-12,26H2,1-2H3,(H,31,34)(H,35,39)(H,36,40)(H4,27,28,32)(H4,29,30,33)/p+1. The van der Waals surface area contributed by atoms with Gasteiger partial charge < -0.3 is 44.3 Å². The minimum absolute atomic E-state index is 0.0332. The summed E-state index contributed by atoms with van der Waals surface area (Å²) in [6, 6.07) is -2.19. The number of ketones is 2. The third kappa shape index (κ3) is 15.1.